The maximum atomic E-state index is 12.8. The average molecular weight is 400 g/mol. The SMILES string of the molecule is CS(=O)(=O)N1CCC(C(=O)Nc2ccccc2N2CCc3ccccc32)CC1. The molecule has 6 nitrogen and oxygen atoms in total. The lowest BCUT2D eigenvalue weighted by atomic mass is 9.97. The third-order valence-corrected chi connectivity index (χ3v) is 6.94. The van der Waals surface area contributed by atoms with Crippen molar-refractivity contribution in [2.45, 2.75) is 19.3 Å². The average Bonchev–Trinajstić information content (AvgIpc) is 3.12. The van der Waals surface area contributed by atoms with Crippen molar-refractivity contribution >= 4 is 33.0 Å². The Morgan fingerprint density at radius 3 is 2.32 bits per heavy atom. The van der Waals surface area contributed by atoms with Crippen LogP contribution in [0.3, 0.4) is 0 Å². The third-order valence-electron chi connectivity index (χ3n) is 5.63. The Kier molecular flexibility index (Phi) is 5.12. The maximum Gasteiger partial charge on any atom is 0.227 e. The van der Waals surface area contributed by atoms with Crippen molar-refractivity contribution in [2.75, 3.05) is 36.1 Å². The van der Waals surface area contributed by atoms with E-state index in [1.807, 2.05) is 30.3 Å². The van der Waals surface area contributed by atoms with Gasteiger partial charge in [-0.15, -0.1) is 0 Å². The van der Waals surface area contributed by atoms with Gasteiger partial charge in [-0.3, -0.25) is 4.79 Å². The monoisotopic (exact) mass is 399 g/mol. The van der Waals surface area contributed by atoms with Crippen LogP contribution in [-0.4, -0.2) is 44.5 Å². The van der Waals surface area contributed by atoms with E-state index in [0.717, 1.165) is 24.3 Å². The number of sulfonamides is 1. The van der Waals surface area contributed by atoms with Gasteiger partial charge in [0, 0.05) is 31.2 Å². The summed E-state index contributed by atoms with van der Waals surface area (Å²) in [6.45, 7) is 1.69. The topological polar surface area (TPSA) is 69.7 Å². The predicted octanol–water partition coefficient (Wildman–Crippen LogP) is 2.99. The number of benzene rings is 2. The van der Waals surface area contributed by atoms with Crippen LogP contribution in [0, 0.1) is 5.92 Å². The van der Waals surface area contributed by atoms with Gasteiger partial charge in [-0.25, -0.2) is 12.7 Å². The Morgan fingerprint density at radius 2 is 1.61 bits per heavy atom. The van der Waals surface area contributed by atoms with Crippen LogP contribution in [0.2, 0.25) is 0 Å². The van der Waals surface area contributed by atoms with E-state index in [-0.39, 0.29) is 11.8 Å². The highest BCUT2D eigenvalue weighted by Gasteiger charge is 2.30. The predicted molar refractivity (Wildman–Crippen MR) is 111 cm³/mol. The highest BCUT2D eigenvalue weighted by molar-refractivity contribution is 7.88. The number of amides is 1. The van der Waals surface area contributed by atoms with E-state index in [1.54, 1.807) is 0 Å². The lowest BCUT2D eigenvalue weighted by Gasteiger charge is -2.30. The molecule has 0 atom stereocenters. The Hall–Kier alpha value is -2.38. The number of carbonyl (C=O) groups is 1. The molecular formula is C21H25N3O3S. The van der Waals surface area contributed by atoms with Gasteiger partial charge >= 0.3 is 0 Å². The standard InChI is InChI=1S/C21H25N3O3S/c1-28(26,27)23-13-10-17(11-14-23)21(25)22-18-7-3-5-9-20(18)24-15-12-16-6-2-4-8-19(16)24/h2-9,17H,10-15H2,1H3,(H,22,25). The molecule has 2 aromatic carbocycles. The molecule has 2 aromatic rings. The molecule has 0 bridgehead atoms. The second-order valence-corrected chi connectivity index (χ2v) is 9.46. The fourth-order valence-corrected chi connectivity index (χ4v) is 4.96. The quantitative estimate of drug-likeness (QED) is 0.858. The molecule has 0 aromatic heterocycles. The lowest BCUT2D eigenvalue weighted by Crippen LogP contribution is -2.41. The first-order valence-electron chi connectivity index (χ1n) is 9.64. The van der Waals surface area contributed by atoms with Gasteiger partial charge in [0.15, 0.2) is 0 Å². The van der Waals surface area contributed by atoms with E-state index in [2.05, 4.69) is 28.4 Å². The van der Waals surface area contributed by atoms with Crippen molar-refractivity contribution in [2.24, 2.45) is 5.92 Å². The summed E-state index contributed by atoms with van der Waals surface area (Å²) in [5.41, 5.74) is 4.30. The van der Waals surface area contributed by atoms with Crippen LogP contribution in [0.1, 0.15) is 18.4 Å². The van der Waals surface area contributed by atoms with Gasteiger partial charge in [0.05, 0.1) is 17.6 Å². The highest BCUT2D eigenvalue weighted by Crippen LogP contribution is 2.38. The number of fused-ring (bicyclic) bond motifs is 1. The summed E-state index contributed by atoms with van der Waals surface area (Å²) in [4.78, 5) is 15.1. The second-order valence-electron chi connectivity index (χ2n) is 7.47. The zero-order valence-electron chi connectivity index (χ0n) is 16.0. The summed E-state index contributed by atoms with van der Waals surface area (Å²) >= 11 is 0. The van der Waals surface area contributed by atoms with Gasteiger partial charge in [0.2, 0.25) is 15.9 Å². The van der Waals surface area contributed by atoms with Crippen LogP contribution >= 0.6 is 0 Å². The van der Waals surface area contributed by atoms with Crippen molar-refractivity contribution in [1.29, 1.82) is 0 Å². The van der Waals surface area contributed by atoms with Crippen molar-refractivity contribution < 1.29 is 13.2 Å². The molecule has 1 saturated heterocycles. The Balaban J connectivity index is 1.49. The van der Waals surface area contributed by atoms with E-state index in [9.17, 15) is 13.2 Å². The number of nitrogens with zero attached hydrogens (tertiary/aromatic N) is 2. The molecule has 0 radical (unpaired) electrons. The third kappa shape index (κ3) is 3.77. The zero-order valence-corrected chi connectivity index (χ0v) is 16.8. The second kappa shape index (κ2) is 7.56. The fraction of sp³-hybridized carbons (Fsp3) is 0.381. The van der Waals surface area contributed by atoms with Crippen molar-refractivity contribution in [3.05, 3.63) is 54.1 Å². The number of para-hydroxylation sites is 3. The van der Waals surface area contributed by atoms with E-state index in [0.29, 0.717) is 25.9 Å². The van der Waals surface area contributed by atoms with E-state index >= 15 is 0 Å². The van der Waals surface area contributed by atoms with Gasteiger partial charge in [-0.05, 0) is 43.0 Å². The summed E-state index contributed by atoms with van der Waals surface area (Å²) < 4.78 is 24.8. The number of hydrogen-bond donors (Lipinski definition) is 1. The molecule has 2 aliphatic rings. The molecule has 4 rings (SSSR count). The molecule has 148 valence electrons. The largest absolute Gasteiger partial charge is 0.339 e. The first kappa shape index (κ1) is 19.0. The number of hydrogen-bond acceptors (Lipinski definition) is 4. The van der Waals surface area contributed by atoms with Crippen LogP contribution in [0.4, 0.5) is 17.1 Å². The van der Waals surface area contributed by atoms with Crippen molar-refractivity contribution in [3.8, 4) is 0 Å². The van der Waals surface area contributed by atoms with E-state index in [1.165, 1.54) is 21.8 Å². The smallest absolute Gasteiger partial charge is 0.227 e. The summed E-state index contributed by atoms with van der Waals surface area (Å²) in [5.74, 6) is -0.204. The molecule has 28 heavy (non-hydrogen) atoms. The first-order valence-corrected chi connectivity index (χ1v) is 11.5. The minimum Gasteiger partial charge on any atom is -0.339 e. The molecule has 1 N–H and O–H groups in total. The molecule has 0 spiro atoms. The van der Waals surface area contributed by atoms with E-state index < -0.39 is 10.0 Å². The molecule has 0 saturated carbocycles. The normalized spacial score (nSPS) is 18.1. The Bertz CT molecular complexity index is 982. The van der Waals surface area contributed by atoms with Crippen LogP contribution in [0.5, 0.6) is 0 Å². The molecule has 1 fully saturated rings. The summed E-state index contributed by atoms with van der Waals surface area (Å²) in [6.07, 6.45) is 3.31. The molecule has 2 heterocycles. The molecule has 0 aliphatic carbocycles. The minimum absolute atomic E-state index is 0.0342. The number of nitrogens with one attached hydrogen (secondary N) is 1. The summed E-state index contributed by atoms with van der Waals surface area (Å²) in [6, 6.07) is 16.2. The van der Waals surface area contributed by atoms with Crippen molar-refractivity contribution in [3.63, 3.8) is 0 Å². The molecular weight excluding hydrogens is 374 g/mol. The van der Waals surface area contributed by atoms with Crippen molar-refractivity contribution in [1.82, 2.24) is 4.31 Å². The van der Waals surface area contributed by atoms with Gasteiger partial charge in [-0.1, -0.05) is 30.3 Å². The number of piperidine rings is 1. The molecule has 1 amide bonds. The summed E-state index contributed by atoms with van der Waals surface area (Å²) in [5, 5.41) is 3.09. The van der Waals surface area contributed by atoms with E-state index in [4.69, 9.17) is 0 Å². The van der Waals surface area contributed by atoms with Gasteiger partial charge in [-0.2, -0.15) is 0 Å². The molecule has 0 unspecified atom stereocenters. The molecule has 2 aliphatic heterocycles. The zero-order chi connectivity index (χ0) is 19.7. The summed E-state index contributed by atoms with van der Waals surface area (Å²) in [7, 11) is -3.19. The Morgan fingerprint density at radius 1 is 0.964 bits per heavy atom. The lowest BCUT2D eigenvalue weighted by molar-refractivity contribution is -0.120. The number of rotatable bonds is 4. The molecule has 7 heteroatoms. The number of anilines is 3. The maximum absolute atomic E-state index is 12.8. The van der Waals surface area contributed by atoms with Crippen LogP contribution in [0.25, 0.3) is 0 Å². The van der Waals surface area contributed by atoms with Gasteiger partial charge < -0.3 is 10.2 Å². The van der Waals surface area contributed by atoms with Gasteiger partial charge in [0.25, 0.3) is 0 Å². The van der Waals surface area contributed by atoms with Gasteiger partial charge in [0.1, 0.15) is 0 Å². The first-order chi connectivity index (χ1) is 13.4. The minimum atomic E-state index is -3.19. The van der Waals surface area contributed by atoms with Crippen LogP contribution in [-0.2, 0) is 21.2 Å². The number of carbonyl (C=O) groups excluding carboxylic acids is 1. The Labute approximate surface area is 166 Å². The fourth-order valence-electron chi connectivity index (χ4n) is 4.09. The highest BCUT2D eigenvalue weighted by atomic mass is 32.2. The van der Waals surface area contributed by atoms with Crippen LogP contribution < -0.4 is 10.2 Å². The van der Waals surface area contributed by atoms with Crippen LogP contribution in [0.15, 0.2) is 48.5 Å².